The Bertz CT molecular complexity index is 1000. The number of likely N-dealkylation sites (tertiary alicyclic amines) is 1. The number of benzene rings is 1. The molecule has 1 N–H and O–H groups in total. The van der Waals surface area contributed by atoms with Crippen molar-refractivity contribution in [3.8, 4) is 0 Å². The molecule has 0 radical (unpaired) electrons. The summed E-state index contributed by atoms with van der Waals surface area (Å²) >= 11 is 0. The Labute approximate surface area is 185 Å². The van der Waals surface area contributed by atoms with Crippen LogP contribution in [0.2, 0.25) is 0 Å². The van der Waals surface area contributed by atoms with Gasteiger partial charge in [0.2, 0.25) is 17.7 Å². The molecule has 32 heavy (non-hydrogen) atoms. The van der Waals surface area contributed by atoms with Crippen LogP contribution in [0.15, 0.2) is 12.1 Å². The highest BCUT2D eigenvalue weighted by molar-refractivity contribution is 6.05. The molecular formula is C22H26FN5O4. The van der Waals surface area contributed by atoms with E-state index in [4.69, 9.17) is 0 Å². The van der Waals surface area contributed by atoms with Gasteiger partial charge in [-0.25, -0.2) is 4.39 Å². The number of rotatable bonds is 3. The average molecular weight is 443 g/mol. The molecule has 4 aliphatic rings. The normalized spacial score (nSPS) is 24.5. The van der Waals surface area contributed by atoms with Gasteiger partial charge in [-0.15, -0.1) is 0 Å². The lowest BCUT2D eigenvalue weighted by Crippen LogP contribution is -2.57. The Kier molecular flexibility index (Phi) is 5.11. The third-order valence-corrected chi connectivity index (χ3v) is 6.94. The predicted octanol–water partition coefficient (Wildman–Crippen LogP) is -0.203. The topological polar surface area (TPSA) is 93.3 Å². The van der Waals surface area contributed by atoms with Gasteiger partial charge in [-0.2, -0.15) is 0 Å². The molecule has 4 amide bonds. The van der Waals surface area contributed by atoms with E-state index in [9.17, 15) is 23.6 Å². The first-order chi connectivity index (χ1) is 15.3. The summed E-state index contributed by atoms with van der Waals surface area (Å²) in [4.78, 5) is 56.3. The first kappa shape index (κ1) is 20.9. The largest absolute Gasteiger partial charge is 0.366 e. The number of amides is 4. The molecule has 5 rings (SSSR count). The number of hydrogen-bond acceptors (Lipinski definition) is 6. The molecule has 10 heteroatoms. The molecule has 1 aromatic carbocycles. The Morgan fingerprint density at radius 1 is 1.09 bits per heavy atom. The number of carbonyl (C=O) groups is 4. The van der Waals surface area contributed by atoms with E-state index in [-0.39, 0.29) is 48.6 Å². The van der Waals surface area contributed by atoms with Gasteiger partial charge in [0.25, 0.3) is 5.91 Å². The van der Waals surface area contributed by atoms with Crippen molar-refractivity contribution in [1.29, 1.82) is 0 Å². The Morgan fingerprint density at radius 2 is 1.81 bits per heavy atom. The quantitative estimate of drug-likeness (QED) is 0.651. The average Bonchev–Trinajstić information content (AvgIpc) is 3.06. The minimum Gasteiger partial charge on any atom is -0.366 e. The van der Waals surface area contributed by atoms with E-state index < -0.39 is 17.8 Å². The number of nitrogens with one attached hydrogen (secondary N) is 1. The van der Waals surface area contributed by atoms with Gasteiger partial charge in [0.1, 0.15) is 11.9 Å². The second kappa shape index (κ2) is 7.84. The van der Waals surface area contributed by atoms with Crippen LogP contribution in [0.1, 0.15) is 28.8 Å². The second-order valence-corrected chi connectivity index (χ2v) is 9.09. The van der Waals surface area contributed by atoms with E-state index in [0.717, 1.165) is 13.1 Å². The molecule has 4 aliphatic heterocycles. The summed E-state index contributed by atoms with van der Waals surface area (Å²) in [5.41, 5.74) is 1.35. The molecule has 0 spiro atoms. The molecule has 1 aromatic rings. The number of carbonyl (C=O) groups excluding carboxylic acids is 4. The molecule has 9 nitrogen and oxygen atoms in total. The minimum absolute atomic E-state index is 0.0626. The maximum atomic E-state index is 15.0. The molecule has 4 heterocycles. The standard InChI is InChI=1S/C22H26FN5O4/c1-25-10-14(11-25)21(31)27-6-4-26(5-7-27)18-8-13-12-28(22(32)15(13)9-16(18)23)17-2-3-19(29)24-20(17)30/h8-9,14,17H,2-7,10-12H2,1H3,(H,24,29,30). The number of piperazine rings is 1. The summed E-state index contributed by atoms with van der Waals surface area (Å²) in [5, 5.41) is 2.27. The highest BCUT2D eigenvalue weighted by atomic mass is 19.1. The molecule has 170 valence electrons. The van der Waals surface area contributed by atoms with Crippen LogP contribution in [0.5, 0.6) is 0 Å². The maximum Gasteiger partial charge on any atom is 0.255 e. The summed E-state index contributed by atoms with van der Waals surface area (Å²) in [6.45, 7) is 3.91. The number of hydrogen-bond donors (Lipinski definition) is 1. The van der Waals surface area contributed by atoms with Crippen molar-refractivity contribution in [2.24, 2.45) is 5.92 Å². The molecule has 3 fully saturated rings. The third-order valence-electron chi connectivity index (χ3n) is 6.94. The van der Waals surface area contributed by atoms with E-state index in [0.29, 0.717) is 37.4 Å². The zero-order chi connectivity index (χ0) is 22.6. The van der Waals surface area contributed by atoms with Gasteiger partial charge in [0, 0.05) is 57.8 Å². The lowest BCUT2D eigenvalue weighted by molar-refractivity contribution is -0.141. The van der Waals surface area contributed by atoms with Crippen LogP contribution in [-0.4, -0.2) is 90.7 Å². The summed E-state index contributed by atoms with van der Waals surface area (Å²) in [6, 6.07) is 2.21. The zero-order valence-corrected chi connectivity index (χ0v) is 18.0. The van der Waals surface area contributed by atoms with Crippen molar-refractivity contribution in [2.75, 3.05) is 51.2 Å². The van der Waals surface area contributed by atoms with Crippen LogP contribution in [0.25, 0.3) is 0 Å². The molecule has 0 bridgehead atoms. The molecular weight excluding hydrogens is 417 g/mol. The molecule has 1 unspecified atom stereocenters. The fraction of sp³-hybridized carbons (Fsp3) is 0.545. The van der Waals surface area contributed by atoms with Gasteiger partial charge in [-0.05, 0) is 31.2 Å². The van der Waals surface area contributed by atoms with Gasteiger partial charge in [-0.3, -0.25) is 24.5 Å². The number of halogens is 1. The van der Waals surface area contributed by atoms with Gasteiger partial charge in [0.05, 0.1) is 11.6 Å². The van der Waals surface area contributed by atoms with Crippen molar-refractivity contribution < 1.29 is 23.6 Å². The maximum absolute atomic E-state index is 15.0. The summed E-state index contributed by atoms with van der Waals surface area (Å²) in [5.74, 6) is -1.47. The van der Waals surface area contributed by atoms with E-state index in [2.05, 4.69) is 10.2 Å². The predicted molar refractivity (Wildman–Crippen MR) is 112 cm³/mol. The Hall–Kier alpha value is -3.01. The number of anilines is 1. The molecule has 0 saturated carbocycles. The number of imide groups is 1. The second-order valence-electron chi connectivity index (χ2n) is 9.09. The highest BCUT2D eigenvalue weighted by Gasteiger charge is 2.40. The fourth-order valence-corrected chi connectivity index (χ4v) is 5.10. The SMILES string of the molecule is CN1CC(C(=O)N2CCN(c3cc4c(cc3F)C(=O)N(C3CCC(=O)NC3=O)C4)CC2)C1. The van der Waals surface area contributed by atoms with Crippen LogP contribution < -0.4 is 10.2 Å². The van der Waals surface area contributed by atoms with Gasteiger partial charge in [-0.1, -0.05) is 0 Å². The van der Waals surface area contributed by atoms with Crippen LogP contribution >= 0.6 is 0 Å². The number of fused-ring (bicyclic) bond motifs is 1. The lowest BCUT2D eigenvalue weighted by Gasteiger charge is -2.42. The van der Waals surface area contributed by atoms with Gasteiger partial charge in [0.15, 0.2) is 0 Å². The van der Waals surface area contributed by atoms with Crippen LogP contribution in [0, 0.1) is 11.7 Å². The van der Waals surface area contributed by atoms with Crippen LogP contribution in [-0.2, 0) is 20.9 Å². The van der Waals surface area contributed by atoms with Crippen LogP contribution in [0.3, 0.4) is 0 Å². The number of piperidine rings is 1. The van der Waals surface area contributed by atoms with Crippen molar-refractivity contribution >= 4 is 29.3 Å². The smallest absolute Gasteiger partial charge is 0.255 e. The number of nitrogens with zero attached hydrogens (tertiary/aromatic N) is 4. The van der Waals surface area contributed by atoms with Gasteiger partial charge < -0.3 is 19.6 Å². The minimum atomic E-state index is -0.723. The summed E-state index contributed by atoms with van der Waals surface area (Å²) in [7, 11) is 1.99. The van der Waals surface area contributed by atoms with Crippen molar-refractivity contribution in [1.82, 2.24) is 20.0 Å². The summed E-state index contributed by atoms with van der Waals surface area (Å²) in [6.07, 6.45) is 0.447. The first-order valence-electron chi connectivity index (χ1n) is 11.0. The Morgan fingerprint density at radius 3 is 2.47 bits per heavy atom. The van der Waals surface area contributed by atoms with Crippen LogP contribution in [0.4, 0.5) is 10.1 Å². The summed E-state index contributed by atoms with van der Waals surface area (Å²) < 4.78 is 15.0. The fourth-order valence-electron chi connectivity index (χ4n) is 5.10. The third kappa shape index (κ3) is 3.52. The van der Waals surface area contributed by atoms with E-state index in [1.165, 1.54) is 11.0 Å². The molecule has 3 saturated heterocycles. The monoisotopic (exact) mass is 443 g/mol. The van der Waals surface area contributed by atoms with Crippen molar-refractivity contribution in [3.05, 3.63) is 29.1 Å². The lowest BCUT2D eigenvalue weighted by atomic mass is 9.99. The van der Waals surface area contributed by atoms with Crippen molar-refractivity contribution in [2.45, 2.75) is 25.4 Å². The van der Waals surface area contributed by atoms with E-state index in [1.54, 1.807) is 6.07 Å². The zero-order valence-electron chi connectivity index (χ0n) is 18.0. The van der Waals surface area contributed by atoms with Crippen molar-refractivity contribution in [3.63, 3.8) is 0 Å². The van der Waals surface area contributed by atoms with Gasteiger partial charge >= 0.3 is 0 Å². The first-order valence-corrected chi connectivity index (χ1v) is 11.0. The Balaban J connectivity index is 1.27. The molecule has 0 aliphatic carbocycles. The molecule has 1 atom stereocenters. The molecule has 0 aromatic heterocycles. The highest BCUT2D eigenvalue weighted by Crippen LogP contribution is 2.33. The van der Waals surface area contributed by atoms with E-state index >= 15 is 0 Å². The van der Waals surface area contributed by atoms with E-state index in [1.807, 2.05) is 16.8 Å².